The first kappa shape index (κ1) is 14.8. The van der Waals surface area contributed by atoms with E-state index in [-0.39, 0.29) is 16.9 Å². The molecule has 0 saturated heterocycles. The lowest BCUT2D eigenvalue weighted by Crippen LogP contribution is -2.06. The van der Waals surface area contributed by atoms with Crippen molar-refractivity contribution in [2.75, 3.05) is 5.73 Å². The summed E-state index contributed by atoms with van der Waals surface area (Å²) in [6.07, 6.45) is 0. The maximum Gasteiger partial charge on any atom is 0.347 e. The molecule has 0 aliphatic rings. The number of pyridine rings is 1. The number of para-hydroxylation sites is 1. The van der Waals surface area contributed by atoms with Gasteiger partial charge in [-0.05, 0) is 12.1 Å². The first-order valence-electron chi connectivity index (χ1n) is 7.41. The molecule has 25 heavy (non-hydrogen) atoms. The van der Waals surface area contributed by atoms with Gasteiger partial charge in [0, 0.05) is 28.5 Å². The zero-order valence-corrected chi connectivity index (χ0v) is 12.8. The van der Waals surface area contributed by atoms with Crippen LogP contribution in [0.3, 0.4) is 0 Å². The monoisotopic (exact) mass is 333 g/mol. The van der Waals surface area contributed by atoms with Crippen molar-refractivity contribution >= 4 is 33.2 Å². The fraction of sp³-hybridized carbons (Fsp3) is 0. The number of non-ortho nitro benzene ring substituents is 1. The molecule has 0 atom stereocenters. The van der Waals surface area contributed by atoms with Crippen LogP contribution >= 0.6 is 0 Å². The van der Waals surface area contributed by atoms with Crippen molar-refractivity contribution in [3.63, 3.8) is 0 Å². The Morgan fingerprint density at radius 2 is 1.84 bits per heavy atom. The minimum atomic E-state index is -0.565. The standard InChI is InChI=1S/C18H11N3O4/c19-17-16-13(12-6-1-2-7-15(12)25-18(16)22)9-14(20-17)10-4-3-5-11(8-10)21(23)24/h1-9H,(H2,19,20). The number of hydrogen-bond acceptors (Lipinski definition) is 6. The van der Waals surface area contributed by atoms with Crippen LogP contribution in [0, 0.1) is 10.1 Å². The van der Waals surface area contributed by atoms with Gasteiger partial charge in [-0.25, -0.2) is 9.78 Å². The Bertz CT molecular complexity index is 1210. The van der Waals surface area contributed by atoms with E-state index < -0.39 is 10.5 Å². The normalized spacial score (nSPS) is 11.0. The number of nitrogen functional groups attached to an aromatic ring is 1. The maximum absolute atomic E-state index is 12.2. The molecule has 4 rings (SSSR count). The van der Waals surface area contributed by atoms with Gasteiger partial charge < -0.3 is 10.2 Å². The number of nitrogens with zero attached hydrogens (tertiary/aromatic N) is 2. The molecule has 7 nitrogen and oxygen atoms in total. The summed E-state index contributed by atoms with van der Waals surface area (Å²) in [5.41, 5.74) is 6.80. The van der Waals surface area contributed by atoms with Crippen LogP contribution in [-0.4, -0.2) is 9.91 Å². The van der Waals surface area contributed by atoms with Crippen LogP contribution in [0.2, 0.25) is 0 Å². The number of nitrogens with two attached hydrogens (primary N) is 1. The highest BCUT2D eigenvalue weighted by molar-refractivity contribution is 6.08. The molecule has 0 amide bonds. The van der Waals surface area contributed by atoms with Gasteiger partial charge in [-0.3, -0.25) is 10.1 Å². The zero-order valence-electron chi connectivity index (χ0n) is 12.8. The summed E-state index contributed by atoms with van der Waals surface area (Å²) in [7, 11) is 0. The number of benzene rings is 2. The quantitative estimate of drug-likeness (QED) is 0.260. The van der Waals surface area contributed by atoms with Crippen LogP contribution in [0.1, 0.15) is 0 Å². The maximum atomic E-state index is 12.2. The minimum absolute atomic E-state index is 0.0264. The molecule has 2 N–H and O–H groups in total. The number of anilines is 1. The van der Waals surface area contributed by atoms with Gasteiger partial charge in [0.1, 0.15) is 16.8 Å². The van der Waals surface area contributed by atoms with Crippen LogP contribution in [0.15, 0.2) is 63.8 Å². The molecule has 7 heteroatoms. The van der Waals surface area contributed by atoms with Gasteiger partial charge in [0.15, 0.2) is 0 Å². The van der Waals surface area contributed by atoms with E-state index in [0.29, 0.717) is 22.2 Å². The van der Waals surface area contributed by atoms with E-state index in [4.69, 9.17) is 10.2 Å². The summed E-state index contributed by atoms with van der Waals surface area (Å²) >= 11 is 0. The second kappa shape index (κ2) is 5.41. The summed E-state index contributed by atoms with van der Waals surface area (Å²) in [5.74, 6) is 0.0264. The highest BCUT2D eigenvalue weighted by Crippen LogP contribution is 2.30. The van der Waals surface area contributed by atoms with E-state index in [9.17, 15) is 14.9 Å². The Labute approximate surface area is 140 Å². The Morgan fingerprint density at radius 3 is 2.64 bits per heavy atom. The summed E-state index contributed by atoms with van der Waals surface area (Å²) in [5, 5.41) is 12.5. The van der Waals surface area contributed by atoms with Crippen molar-refractivity contribution in [2.24, 2.45) is 0 Å². The topological polar surface area (TPSA) is 112 Å². The first-order chi connectivity index (χ1) is 12.0. The van der Waals surface area contributed by atoms with Gasteiger partial charge in [0.25, 0.3) is 5.69 Å². The number of fused-ring (bicyclic) bond motifs is 3. The van der Waals surface area contributed by atoms with E-state index in [1.807, 2.05) is 12.1 Å². The molecule has 2 heterocycles. The third kappa shape index (κ3) is 2.38. The van der Waals surface area contributed by atoms with E-state index in [1.54, 1.807) is 30.3 Å². The molecular formula is C18H11N3O4. The van der Waals surface area contributed by atoms with Crippen LogP contribution < -0.4 is 11.4 Å². The fourth-order valence-corrected chi connectivity index (χ4v) is 2.85. The van der Waals surface area contributed by atoms with Gasteiger partial charge in [0.2, 0.25) is 0 Å². The second-order valence-electron chi connectivity index (χ2n) is 5.51. The zero-order chi connectivity index (χ0) is 17.6. The minimum Gasteiger partial charge on any atom is -0.422 e. The molecule has 0 aliphatic carbocycles. The van der Waals surface area contributed by atoms with Crippen molar-refractivity contribution in [1.82, 2.24) is 4.98 Å². The van der Waals surface area contributed by atoms with Crippen LogP contribution in [-0.2, 0) is 0 Å². The molecule has 0 saturated carbocycles. The number of nitro benzene ring substituents is 1. The van der Waals surface area contributed by atoms with E-state index in [0.717, 1.165) is 5.39 Å². The molecular weight excluding hydrogens is 322 g/mol. The summed E-state index contributed by atoms with van der Waals surface area (Å²) < 4.78 is 5.29. The lowest BCUT2D eigenvalue weighted by molar-refractivity contribution is -0.384. The largest absolute Gasteiger partial charge is 0.422 e. The molecule has 0 unspecified atom stereocenters. The van der Waals surface area contributed by atoms with E-state index in [1.165, 1.54) is 12.1 Å². The third-order valence-electron chi connectivity index (χ3n) is 3.98. The van der Waals surface area contributed by atoms with Crippen molar-refractivity contribution < 1.29 is 9.34 Å². The van der Waals surface area contributed by atoms with Crippen LogP contribution in [0.25, 0.3) is 33.0 Å². The van der Waals surface area contributed by atoms with Crippen LogP contribution in [0.4, 0.5) is 11.5 Å². The summed E-state index contributed by atoms with van der Waals surface area (Å²) in [6, 6.07) is 14.9. The van der Waals surface area contributed by atoms with Crippen molar-refractivity contribution in [3.8, 4) is 11.3 Å². The summed E-state index contributed by atoms with van der Waals surface area (Å²) in [6.45, 7) is 0. The molecule has 2 aromatic heterocycles. The van der Waals surface area contributed by atoms with Gasteiger partial charge in [-0.1, -0.05) is 30.3 Å². The summed E-state index contributed by atoms with van der Waals surface area (Å²) in [4.78, 5) is 27.0. The molecule has 122 valence electrons. The van der Waals surface area contributed by atoms with Crippen LogP contribution in [0.5, 0.6) is 0 Å². The average Bonchev–Trinajstić information content (AvgIpc) is 2.61. The fourth-order valence-electron chi connectivity index (χ4n) is 2.85. The smallest absolute Gasteiger partial charge is 0.347 e. The average molecular weight is 333 g/mol. The number of rotatable bonds is 2. The van der Waals surface area contributed by atoms with Crippen molar-refractivity contribution in [2.45, 2.75) is 0 Å². The van der Waals surface area contributed by atoms with E-state index in [2.05, 4.69) is 4.98 Å². The number of nitro groups is 1. The van der Waals surface area contributed by atoms with Crippen molar-refractivity contribution in [1.29, 1.82) is 0 Å². The second-order valence-corrected chi connectivity index (χ2v) is 5.51. The Balaban J connectivity index is 2.07. The van der Waals surface area contributed by atoms with Gasteiger partial charge in [-0.15, -0.1) is 0 Å². The molecule has 2 aromatic carbocycles. The number of hydrogen-bond donors (Lipinski definition) is 1. The van der Waals surface area contributed by atoms with Gasteiger partial charge in [-0.2, -0.15) is 0 Å². The van der Waals surface area contributed by atoms with Gasteiger partial charge in [0.05, 0.1) is 10.6 Å². The molecule has 0 aliphatic heterocycles. The van der Waals surface area contributed by atoms with Crippen molar-refractivity contribution in [3.05, 3.63) is 75.1 Å². The lowest BCUT2D eigenvalue weighted by atomic mass is 10.0. The molecule has 0 radical (unpaired) electrons. The Hall–Kier alpha value is -3.74. The highest BCUT2D eigenvalue weighted by Gasteiger charge is 2.15. The molecule has 4 aromatic rings. The highest BCUT2D eigenvalue weighted by atomic mass is 16.6. The van der Waals surface area contributed by atoms with Gasteiger partial charge >= 0.3 is 5.63 Å². The molecule has 0 fully saturated rings. The lowest BCUT2D eigenvalue weighted by Gasteiger charge is -2.08. The predicted molar refractivity (Wildman–Crippen MR) is 94.3 cm³/mol. The van der Waals surface area contributed by atoms with E-state index >= 15 is 0 Å². The third-order valence-corrected chi connectivity index (χ3v) is 3.98. The predicted octanol–water partition coefficient (Wildman–Crippen LogP) is 3.50. The SMILES string of the molecule is Nc1nc(-c2cccc([N+](=O)[O-])c2)cc2c1c(=O)oc1ccccc12. The Morgan fingerprint density at radius 1 is 1.04 bits per heavy atom. The Kier molecular flexibility index (Phi) is 3.21. The first-order valence-corrected chi connectivity index (χ1v) is 7.41. The number of aromatic nitrogens is 1. The molecule has 0 bridgehead atoms. The molecule has 0 spiro atoms.